The second-order valence-corrected chi connectivity index (χ2v) is 2.89. The highest BCUT2D eigenvalue weighted by atomic mass is 16.7. The quantitative estimate of drug-likeness (QED) is 0.534. The van der Waals surface area contributed by atoms with Gasteiger partial charge in [-0.05, 0) is 6.92 Å². The number of hydrogen-bond acceptors (Lipinski definition) is 2. The van der Waals surface area contributed by atoms with E-state index in [0.717, 1.165) is 6.61 Å². The summed E-state index contributed by atoms with van der Waals surface area (Å²) in [5, 5.41) is 0. The Hall–Kier alpha value is -0.0800. The lowest BCUT2D eigenvalue weighted by atomic mass is 10.2. The summed E-state index contributed by atoms with van der Waals surface area (Å²) >= 11 is 0. The fourth-order valence-corrected chi connectivity index (χ4v) is 0.887. The minimum Gasteiger partial charge on any atom is -0.350 e. The summed E-state index contributed by atoms with van der Waals surface area (Å²) in [7, 11) is 0. The molecule has 0 N–H and O–H groups in total. The van der Waals surface area contributed by atoms with Gasteiger partial charge in [0.15, 0.2) is 6.29 Å². The summed E-state index contributed by atoms with van der Waals surface area (Å²) in [6, 6.07) is 0. The SMILES string of the molecule is CC(C)[C@@H]1OC[C@@H](C)O1. The fourth-order valence-electron chi connectivity index (χ4n) is 0.887. The minimum absolute atomic E-state index is 0.0417. The van der Waals surface area contributed by atoms with Gasteiger partial charge in [-0.3, -0.25) is 0 Å². The van der Waals surface area contributed by atoms with Crippen molar-refractivity contribution in [2.45, 2.75) is 33.2 Å². The van der Waals surface area contributed by atoms with Crippen LogP contribution in [-0.4, -0.2) is 19.0 Å². The van der Waals surface area contributed by atoms with E-state index < -0.39 is 0 Å². The second-order valence-electron chi connectivity index (χ2n) is 2.89. The molecular weight excluding hydrogens is 116 g/mol. The molecule has 0 unspecified atom stereocenters. The normalized spacial score (nSPS) is 36.0. The number of hydrogen-bond donors (Lipinski definition) is 0. The lowest BCUT2D eigenvalue weighted by Gasteiger charge is -2.12. The van der Waals surface area contributed by atoms with E-state index in [1.165, 1.54) is 0 Å². The largest absolute Gasteiger partial charge is 0.350 e. The van der Waals surface area contributed by atoms with Gasteiger partial charge < -0.3 is 9.47 Å². The van der Waals surface area contributed by atoms with Crippen molar-refractivity contribution in [3.05, 3.63) is 0 Å². The molecule has 54 valence electrons. The molecule has 1 rings (SSSR count). The van der Waals surface area contributed by atoms with Crippen molar-refractivity contribution in [1.29, 1.82) is 0 Å². The molecule has 0 aromatic carbocycles. The molecule has 0 radical (unpaired) electrons. The van der Waals surface area contributed by atoms with Crippen LogP contribution in [0.4, 0.5) is 0 Å². The molecule has 1 saturated heterocycles. The highest BCUT2D eigenvalue weighted by Gasteiger charge is 2.24. The molecule has 0 spiro atoms. The summed E-state index contributed by atoms with van der Waals surface area (Å²) in [5.74, 6) is 0.481. The van der Waals surface area contributed by atoms with Gasteiger partial charge >= 0.3 is 0 Å². The van der Waals surface area contributed by atoms with Gasteiger partial charge in [0.25, 0.3) is 0 Å². The molecule has 2 nitrogen and oxygen atoms in total. The Morgan fingerprint density at radius 1 is 1.44 bits per heavy atom. The van der Waals surface area contributed by atoms with Gasteiger partial charge in [-0.1, -0.05) is 13.8 Å². The lowest BCUT2D eigenvalue weighted by molar-refractivity contribution is -0.0846. The predicted molar refractivity (Wildman–Crippen MR) is 35.1 cm³/mol. The third kappa shape index (κ3) is 1.66. The molecular formula is C7H14O2. The van der Waals surface area contributed by atoms with Crippen LogP contribution < -0.4 is 0 Å². The summed E-state index contributed by atoms with van der Waals surface area (Å²) in [5.41, 5.74) is 0. The molecule has 0 aliphatic carbocycles. The van der Waals surface area contributed by atoms with Gasteiger partial charge in [-0.25, -0.2) is 0 Å². The molecule has 0 aromatic heterocycles. The van der Waals surface area contributed by atoms with E-state index in [4.69, 9.17) is 9.47 Å². The zero-order valence-corrected chi connectivity index (χ0v) is 6.26. The number of ether oxygens (including phenoxy) is 2. The zero-order chi connectivity index (χ0) is 6.85. The van der Waals surface area contributed by atoms with Crippen LogP contribution in [-0.2, 0) is 9.47 Å². The van der Waals surface area contributed by atoms with Crippen LogP contribution in [0.3, 0.4) is 0 Å². The van der Waals surface area contributed by atoms with Crippen LogP contribution >= 0.6 is 0 Å². The van der Waals surface area contributed by atoms with Gasteiger partial charge in [0.05, 0.1) is 12.7 Å². The molecule has 0 bridgehead atoms. The topological polar surface area (TPSA) is 18.5 Å². The Labute approximate surface area is 56.2 Å². The van der Waals surface area contributed by atoms with Gasteiger partial charge in [0, 0.05) is 5.92 Å². The molecule has 9 heavy (non-hydrogen) atoms. The maximum Gasteiger partial charge on any atom is 0.160 e. The van der Waals surface area contributed by atoms with Crippen LogP contribution in [0.15, 0.2) is 0 Å². The van der Waals surface area contributed by atoms with E-state index >= 15 is 0 Å². The van der Waals surface area contributed by atoms with Crippen molar-refractivity contribution in [2.24, 2.45) is 5.92 Å². The van der Waals surface area contributed by atoms with Crippen molar-refractivity contribution >= 4 is 0 Å². The smallest absolute Gasteiger partial charge is 0.160 e. The van der Waals surface area contributed by atoms with Crippen molar-refractivity contribution in [3.8, 4) is 0 Å². The number of rotatable bonds is 1. The Balaban J connectivity index is 2.30. The van der Waals surface area contributed by atoms with Crippen LogP contribution in [0.25, 0.3) is 0 Å². The molecule has 0 amide bonds. The molecule has 1 heterocycles. The van der Waals surface area contributed by atoms with E-state index in [1.54, 1.807) is 0 Å². The van der Waals surface area contributed by atoms with Crippen LogP contribution in [0.5, 0.6) is 0 Å². The Morgan fingerprint density at radius 3 is 2.33 bits per heavy atom. The molecule has 2 heteroatoms. The first-order chi connectivity index (χ1) is 4.20. The second kappa shape index (κ2) is 2.67. The summed E-state index contributed by atoms with van der Waals surface area (Å²) < 4.78 is 10.7. The molecule has 1 aliphatic rings. The van der Waals surface area contributed by atoms with Crippen LogP contribution in [0, 0.1) is 5.92 Å². The third-order valence-electron chi connectivity index (χ3n) is 1.41. The van der Waals surface area contributed by atoms with E-state index in [0.29, 0.717) is 5.92 Å². The summed E-state index contributed by atoms with van der Waals surface area (Å²) in [6.07, 6.45) is 0.331. The monoisotopic (exact) mass is 130 g/mol. The standard InChI is InChI=1S/C7H14O2/c1-5(2)7-8-4-6(3)9-7/h5-7H,4H2,1-3H3/t6-,7-/m1/s1. The minimum atomic E-state index is 0.0417. The molecule has 1 fully saturated rings. The highest BCUT2D eigenvalue weighted by molar-refractivity contribution is 4.61. The van der Waals surface area contributed by atoms with Gasteiger partial charge in [-0.2, -0.15) is 0 Å². The maximum atomic E-state index is 5.40. The molecule has 0 saturated carbocycles. The Morgan fingerprint density at radius 2 is 2.11 bits per heavy atom. The molecule has 2 atom stereocenters. The van der Waals surface area contributed by atoms with Crippen molar-refractivity contribution in [1.82, 2.24) is 0 Å². The van der Waals surface area contributed by atoms with Gasteiger partial charge in [0.1, 0.15) is 0 Å². The first-order valence-corrected chi connectivity index (χ1v) is 3.47. The highest BCUT2D eigenvalue weighted by Crippen LogP contribution is 2.17. The van der Waals surface area contributed by atoms with Gasteiger partial charge in [0.2, 0.25) is 0 Å². The maximum absolute atomic E-state index is 5.40. The van der Waals surface area contributed by atoms with Gasteiger partial charge in [-0.15, -0.1) is 0 Å². The first-order valence-electron chi connectivity index (χ1n) is 3.47. The summed E-state index contributed by atoms with van der Waals surface area (Å²) in [4.78, 5) is 0. The predicted octanol–water partition coefficient (Wildman–Crippen LogP) is 1.40. The van der Waals surface area contributed by atoms with E-state index in [-0.39, 0.29) is 12.4 Å². The van der Waals surface area contributed by atoms with Crippen molar-refractivity contribution < 1.29 is 9.47 Å². The average Bonchev–Trinajstić information content (AvgIpc) is 2.14. The third-order valence-corrected chi connectivity index (χ3v) is 1.41. The van der Waals surface area contributed by atoms with Crippen LogP contribution in [0.1, 0.15) is 20.8 Å². The average molecular weight is 130 g/mol. The molecule has 0 aromatic rings. The Bertz CT molecular complexity index is 90.9. The lowest BCUT2D eigenvalue weighted by Crippen LogP contribution is -2.16. The molecule has 1 aliphatic heterocycles. The fraction of sp³-hybridized carbons (Fsp3) is 1.00. The van der Waals surface area contributed by atoms with E-state index in [9.17, 15) is 0 Å². The van der Waals surface area contributed by atoms with Crippen LogP contribution in [0.2, 0.25) is 0 Å². The van der Waals surface area contributed by atoms with E-state index in [1.807, 2.05) is 6.92 Å². The first kappa shape index (κ1) is 7.03. The van der Waals surface area contributed by atoms with E-state index in [2.05, 4.69) is 13.8 Å². The Kier molecular flexibility index (Phi) is 2.09. The van der Waals surface area contributed by atoms with Crippen molar-refractivity contribution in [3.63, 3.8) is 0 Å². The summed E-state index contributed by atoms with van der Waals surface area (Å²) in [6.45, 7) is 6.98. The zero-order valence-electron chi connectivity index (χ0n) is 6.26. The van der Waals surface area contributed by atoms with Crippen molar-refractivity contribution in [2.75, 3.05) is 6.61 Å².